The molecule has 7 heteroatoms. The maximum atomic E-state index is 11.7. The van der Waals surface area contributed by atoms with Gasteiger partial charge in [-0.05, 0) is 19.8 Å². The predicted octanol–water partition coefficient (Wildman–Crippen LogP) is -0.369. The van der Waals surface area contributed by atoms with Gasteiger partial charge in [-0.1, -0.05) is 0 Å². The molecule has 0 spiro atoms. The minimum atomic E-state index is -3.60. The van der Waals surface area contributed by atoms with Crippen LogP contribution in [0, 0.1) is 0 Å². The summed E-state index contributed by atoms with van der Waals surface area (Å²) in [5, 5.41) is 1.69. The molecule has 0 aromatic heterocycles. The Hall–Kier alpha value is -1.11. The van der Waals surface area contributed by atoms with Gasteiger partial charge < -0.3 is 10.1 Å². The van der Waals surface area contributed by atoms with E-state index in [-0.39, 0.29) is 12.5 Å². The van der Waals surface area contributed by atoms with Crippen molar-refractivity contribution in [2.75, 3.05) is 12.9 Å². The number of rotatable bonds is 6. The largest absolute Gasteiger partial charge is 0.469 e. The van der Waals surface area contributed by atoms with Crippen LogP contribution >= 0.6 is 0 Å². The van der Waals surface area contributed by atoms with Crippen molar-refractivity contribution < 1.29 is 22.7 Å². The average molecular weight is 263 g/mol. The highest BCUT2D eigenvalue weighted by Crippen LogP contribution is 2.18. The number of hydrogen-bond acceptors (Lipinski definition) is 5. The van der Waals surface area contributed by atoms with Crippen LogP contribution in [0.3, 0.4) is 0 Å². The molecule has 0 radical (unpaired) electrons. The third kappa shape index (κ3) is 4.72. The van der Waals surface area contributed by atoms with Crippen molar-refractivity contribution in [3.8, 4) is 0 Å². The number of carbonyl (C=O) groups is 2. The van der Waals surface area contributed by atoms with E-state index in [0.717, 1.165) is 12.8 Å². The van der Waals surface area contributed by atoms with E-state index in [1.165, 1.54) is 14.0 Å². The summed E-state index contributed by atoms with van der Waals surface area (Å²) in [4.78, 5) is 22.3. The zero-order chi connectivity index (χ0) is 13.1. The fourth-order valence-electron chi connectivity index (χ4n) is 1.27. The first-order valence-corrected chi connectivity index (χ1v) is 7.14. The second-order valence-corrected chi connectivity index (χ2v) is 6.66. The number of methoxy groups -OCH3 is 1. The monoisotopic (exact) mass is 263 g/mol. The van der Waals surface area contributed by atoms with Crippen LogP contribution in [-0.2, 0) is 24.2 Å². The number of amides is 1. The number of carbonyl (C=O) groups excluding carboxylic acids is 2. The van der Waals surface area contributed by atoms with Gasteiger partial charge in [0, 0.05) is 6.04 Å². The summed E-state index contributed by atoms with van der Waals surface area (Å²) >= 11 is 0. The molecule has 1 amide bonds. The highest BCUT2D eigenvalue weighted by atomic mass is 32.2. The fourth-order valence-corrected chi connectivity index (χ4v) is 2.39. The second kappa shape index (κ2) is 5.48. The highest BCUT2D eigenvalue weighted by Gasteiger charge is 2.29. The van der Waals surface area contributed by atoms with Gasteiger partial charge in [0.15, 0.2) is 9.84 Å². The van der Waals surface area contributed by atoms with Gasteiger partial charge in [-0.3, -0.25) is 9.59 Å². The Morgan fingerprint density at radius 1 is 1.41 bits per heavy atom. The minimum Gasteiger partial charge on any atom is -0.469 e. The fraction of sp³-hybridized carbons (Fsp3) is 0.800. The Morgan fingerprint density at radius 2 is 2.00 bits per heavy atom. The molecule has 17 heavy (non-hydrogen) atoms. The first-order chi connectivity index (χ1) is 7.85. The molecule has 0 bridgehead atoms. The zero-order valence-electron chi connectivity index (χ0n) is 9.93. The minimum absolute atomic E-state index is 0.133. The maximum Gasteiger partial charge on any atom is 0.306 e. The van der Waals surface area contributed by atoms with Crippen LogP contribution < -0.4 is 5.32 Å². The Bertz CT molecular complexity index is 399. The van der Waals surface area contributed by atoms with Crippen molar-refractivity contribution >= 4 is 21.7 Å². The molecule has 0 heterocycles. The topological polar surface area (TPSA) is 89.5 Å². The van der Waals surface area contributed by atoms with Crippen molar-refractivity contribution in [1.29, 1.82) is 0 Å². The smallest absolute Gasteiger partial charge is 0.306 e. The van der Waals surface area contributed by atoms with E-state index in [2.05, 4.69) is 10.1 Å². The van der Waals surface area contributed by atoms with Gasteiger partial charge in [-0.15, -0.1) is 0 Å². The predicted molar refractivity (Wildman–Crippen MR) is 61.0 cm³/mol. The van der Waals surface area contributed by atoms with Crippen LogP contribution in [0.2, 0.25) is 0 Å². The molecule has 0 aromatic rings. The van der Waals surface area contributed by atoms with Gasteiger partial charge >= 0.3 is 5.97 Å². The molecule has 0 aromatic carbocycles. The average Bonchev–Trinajstić information content (AvgIpc) is 3.00. The molecule has 1 saturated carbocycles. The Morgan fingerprint density at radius 3 is 2.47 bits per heavy atom. The molecule has 1 rings (SSSR count). The lowest BCUT2D eigenvalue weighted by Crippen LogP contribution is -2.35. The number of sulfone groups is 1. The normalized spacial score (nSPS) is 17.3. The van der Waals surface area contributed by atoms with Gasteiger partial charge in [0.2, 0.25) is 5.91 Å². The molecule has 0 saturated heterocycles. The highest BCUT2D eigenvalue weighted by molar-refractivity contribution is 7.92. The third-order valence-corrected chi connectivity index (χ3v) is 4.63. The number of ether oxygens (including phenoxy) is 1. The lowest BCUT2D eigenvalue weighted by atomic mass is 10.3. The molecule has 98 valence electrons. The van der Waals surface area contributed by atoms with E-state index in [4.69, 9.17) is 0 Å². The molecule has 0 aliphatic heterocycles. The van der Waals surface area contributed by atoms with E-state index >= 15 is 0 Å². The number of hydrogen-bond donors (Lipinski definition) is 1. The summed E-state index contributed by atoms with van der Waals surface area (Å²) in [7, 11) is -2.40. The van der Waals surface area contributed by atoms with Crippen molar-refractivity contribution in [2.24, 2.45) is 0 Å². The van der Waals surface area contributed by atoms with Gasteiger partial charge in [0.25, 0.3) is 0 Å². The molecule has 1 atom stereocenters. The molecule has 1 aliphatic carbocycles. The van der Waals surface area contributed by atoms with Crippen molar-refractivity contribution in [3.63, 3.8) is 0 Å². The lowest BCUT2D eigenvalue weighted by molar-refractivity contribution is -0.140. The summed E-state index contributed by atoms with van der Waals surface area (Å²) < 4.78 is 27.8. The van der Waals surface area contributed by atoms with E-state index in [1.807, 2.05) is 0 Å². The maximum absolute atomic E-state index is 11.7. The first-order valence-electron chi connectivity index (χ1n) is 5.43. The quantitative estimate of drug-likeness (QED) is 0.660. The van der Waals surface area contributed by atoms with Crippen LogP contribution in [-0.4, -0.2) is 44.4 Å². The van der Waals surface area contributed by atoms with Gasteiger partial charge in [0.05, 0.1) is 18.8 Å². The van der Waals surface area contributed by atoms with Crippen LogP contribution in [0.15, 0.2) is 0 Å². The Balaban J connectivity index is 2.47. The third-order valence-electron chi connectivity index (χ3n) is 2.57. The molecule has 1 N–H and O–H groups in total. The van der Waals surface area contributed by atoms with Crippen molar-refractivity contribution in [2.45, 2.75) is 37.5 Å². The van der Waals surface area contributed by atoms with Crippen molar-refractivity contribution in [1.82, 2.24) is 5.32 Å². The number of nitrogens with one attached hydrogen (secondary N) is 1. The molecular weight excluding hydrogens is 246 g/mol. The van der Waals surface area contributed by atoms with Gasteiger partial charge in [-0.25, -0.2) is 8.42 Å². The van der Waals surface area contributed by atoms with Crippen LogP contribution in [0.4, 0.5) is 0 Å². The molecule has 1 fully saturated rings. The summed E-state index contributed by atoms with van der Waals surface area (Å²) in [6.07, 6.45) is 1.59. The van der Waals surface area contributed by atoms with E-state index < -0.39 is 32.7 Å². The lowest BCUT2D eigenvalue weighted by Gasteiger charge is -2.11. The second-order valence-electron chi connectivity index (χ2n) is 4.24. The van der Waals surface area contributed by atoms with E-state index in [1.54, 1.807) is 0 Å². The zero-order valence-corrected chi connectivity index (χ0v) is 10.7. The molecule has 1 aliphatic rings. The standard InChI is InChI=1S/C10H17NO5S/c1-7(5-10(13)16-2)17(14,15)6-9(12)11-8-3-4-8/h7-8H,3-6H2,1-2H3,(H,11,12). The summed E-state index contributed by atoms with van der Waals surface area (Å²) in [5.41, 5.74) is 0. The van der Waals surface area contributed by atoms with Crippen LogP contribution in [0.5, 0.6) is 0 Å². The van der Waals surface area contributed by atoms with Crippen LogP contribution in [0.1, 0.15) is 26.2 Å². The molecular formula is C10H17NO5S. The summed E-state index contributed by atoms with van der Waals surface area (Å²) in [5.74, 6) is -1.66. The van der Waals surface area contributed by atoms with Crippen molar-refractivity contribution in [3.05, 3.63) is 0 Å². The Labute approximate surface area is 101 Å². The molecule has 6 nitrogen and oxygen atoms in total. The SMILES string of the molecule is COC(=O)CC(C)S(=O)(=O)CC(=O)NC1CC1. The summed E-state index contributed by atoms with van der Waals surface area (Å²) in [6, 6.07) is 0.133. The Kier molecular flexibility index (Phi) is 4.50. The van der Waals surface area contributed by atoms with E-state index in [0.29, 0.717) is 0 Å². The van der Waals surface area contributed by atoms with E-state index in [9.17, 15) is 18.0 Å². The van der Waals surface area contributed by atoms with Gasteiger partial charge in [0.1, 0.15) is 5.75 Å². The molecule has 1 unspecified atom stereocenters. The summed E-state index contributed by atoms with van der Waals surface area (Å²) in [6.45, 7) is 1.40. The first kappa shape index (κ1) is 14.0. The van der Waals surface area contributed by atoms with Gasteiger partial charge in [-0.2, -0.15) is 0 Å². The number of esters is 1. The van der Waals surface area contributed by atoms with Crippen LogP contribution in [0.25, 0.3) is 0 Å².